The third-order valence-corrected chi connectivity index (χ3v) is 5.32. The van der Waals surface area contributed by atoms with Crippen LogP contribution in [-0.2, 0) is 25.4 Å². The molecule has 0 aliphatic rings. The van der Waals surface area contributed by atoms with Gasteiger partial charge in [-0.3, -0.25) is 14.2 Å². The molecule has 2 aromatic carbocycles. The molecule has 1 aromatic heterocycles. The van der Waals surface area contributed by atoms with E-state index in [4.69, 9.17) is 14.2 Å². The van der Waals surface area contributed by atoms with E-state index >= 15 is 0 Å². The number of rotatable bonds is 8. The smallest absolute Gasteiger partial charge is 0.338 e. The molecule has 0 unspecified atom stereocenters. The van der Waals surface area contributed by atoms with E-state index in [9.17, 15) is 19.2 Å². The maximum Gasteiger partial charge on any atom is 0.338 e. The lowest BCUT2D eigenvalue weighted by Crippen LogP contribution is -2.15. The quantitative estimate of drug-likeness (QED) is 0.346. The summed E-state index contributed by atoms with van der Waals surface area (Å²) in [5.41, 5.74) is 3.86. The Morgan fingerprint density at radius 2 is 1.26 bits per heavy atom. The second-order valence-electron chi connectivity index (χ2n) is 7.60. The Hall–Kier alpha value is -4.20. The first-order valence-corrected chi connectivity index (χ1v) is 11.2. The summed E-state index contributed by atoms with van der Waals surface area (Å²) in [6.07, 6.45) is -0.106. The van der Waals surface area contributed by atoms with Crippen molar-refractivity contribution in [2.45, 2.75) is 27.2 Å². The molecular formula is C27H27NO7. The van der Waals surface area contributed by atoms with Crippen molar-refractivity contribution in [1.82, 2.24) is 4.57 Å². The zero-order chi connectivity index (χ0) is 25.5. The number of benzene rings is 2. The van der Waals surface area contributed by atoms with E-state index in [1.54, 1.807) is 68.4 Å². The molecule has 0 N–H and O–H groups in total. The highest BCUT2D eigenvalue weighted by molar-refractivity contribution is 5.95. The van der Waals surface area contributed by atoms with E-state index in [0.29, 0.717) is 33.6 Å². The van der Waals surface area contributed by atoms with Crippen molar-refractivity contribution < 1.29 is 33.4 Å². The van der Waals surface area contributed by atoms with Crippen LogP contribution in [0.4, 0.5) is 0 Å². The summed E-state index contributed by atoms with van der Waals surface area (Å²) in [5.74, 6) is -1.65. The molecule has 182 valence electrons. The third-order valence-electron chi connectivity index (χ3n) is 5.32. The van der Waals surface area contributed by atoms with Crippen LogP contribution >= 0.6 is 0 Å². The number of carbonyl (C=O) groups excluding carboxylic acids is 4. The molecule has 0 aliphatic carbocycles. The molecule has 0 aliphatic heterocycles. The molecule has 0 saturated carbocycles. The Kier molecular flexibility index (Phi) is 8.20. The molecule has 0 radical (unpaired) electrons. The summed E-state index contributed by atoms with van der Waals surface area (Å²) in [5, 5.41) is 0. The van der Waals surface area contributed by atoms with Gasteiger partial charge in [-0.2, -0.15) is 0 Å². The van der Waals surface area contributed by atoms with Crippen LogP contribution < -0.4 is 0 Å². The van der Waals surface area contributed by atoms with Gasteiger partial charge >= 0.3 is 17.9 Å². The lowest BCUT2D eigenvalue weighted by molar-refractivity contribution is -0.139. The Morgan fingerprint density at radius 1 is 0.771 bits per heavy atom. The van der Waals surface area contributed by atoms with Crippen LogP contribution in [0.15, 0.2) is 54.6 Å². The fourth-order valence-electron chi connectivity index (χ4n) is 3.76. The number of hydrogen-bond acceptors (Lipinski definition) is 7. The number of hydrogen-bond donors (Lipinski definition) is 0. The molecule has 0 bridgehead atoms. The highest BCUT2D eigenvalue weighted by Crippen LogP contribution is 2.36. The predicted molar refractivity (Wildman–Crippen MR) is 129 cm³/mol. The maximum atomic E-state index is 12.7. The minimum Gasteiger partial charge on any atom is -0.469 e. The van der Waals surface area contributed by atoms with E-state index in [1.807, 2.05) is 0 Å². The highest BCUT2D eigenvalue weighted by Gasteiger charge is 2.23. The Morgan fingerprint density at radius 3 is 1.69 bits per heavy atom. The number of aromatic nitrogens is 1. The SMILES string of the molecule is CCOC(=O)c1ccc(-c2cc(CC(=O)OC)n(C(C)=O)c2-c2ccc(C(=O)OCC)cc2)cc1. The standard InChI is InChI=1S/C27H27NO7/c1-5-34-26(31)20-11-7-18(8-12-20)23-15-22(16-24(30)33-4)28(17(3)29)25(23)19-9-13-21(14-10-19)27(32)35-6-2/h7-15H,5-6,16H2,1-4H3. The molecule has 0 spiro atoms. The van der Waals surface area contributed by atoms with Gasteiger partial charge in [0.05, 0.1) is 43.6 Å². The van der Waals surface area contributed by atoms with E-state index in [0.717, 1.165) is 5.56 Å². The van der Waals surface area contributed by atoms with Crippen LogP contribution in [0.3, 0.4) is 0 Å². The van der Waals surface area contributed by atoms with E-state index in [2.05, 4.69) is 0 Å². The van der Waals surface area contributed by atoms with Gasteiger partial charge in [0.1, 0.15) is 0 Å². The Labute approximate surface area is 203 Å². The first-order chi connectivity index (χ1) is 16.8. The fraction of sp³-hybridized carbons (Fsp3) is 0.259. The second-order valence-corrected chi connectivity index (χ2v) is 7.60. The molecule has 35 heavy (non-hydrogen) atoms. The zero-order valence-electron chi connectivity index (χ0n) is 20.1. The van der Waals surface area contributed by atoms with Crippen molar-refractivity contribution in [2.75, 3.05) is 20.3 Å². The van der Waals surface area contributed by atoms with Gasteiger partial charge in [-0.25, -0.2) is 9.59 Å². The summed E-state index contributed by atoms with van der Waals surface area (Å²) < 4.78 is 16.4. The molecule has 3 rings (SSSR count). The van der Waals surface area contributed by atoms with Gasteiger partial charge in [0.2, 0.25) is 5.91 Å². The molecule has 0 atom stereocenters. The first-order valence-electron chi connectivity index (χ1n) is 11.2. The zero-order valence-corrected chi connectivity index (χ0v) is 20.1. The van der Waals surface area contributed by atoms with Crippen LogP contribution in [0, 0.1) is 0 Å². The second kappa shape index (κ2) is 11.3. The summed E-state index contributed by atoms with van der Waals surface area (Å²) in [6, 6.07) is 15.2. The average Bonchev–Trinajstić information content (AvgIpc) is 3.23. The van der Waals surface area contributed by atoms with Crippen molar-refractivity contribution >= 4 is 23.8 Å². The van der Waals surface area contributed by atoms with Crippen molar-refractivity contribution in [2.24, 2.45) is 0 Å². The molecule has 0 amide bonds. The number of methoxy groups -OCH3 is 1. The number of esters is 3. The van der Waals surface area contributed by atoms with Crippen LogP contribution in [0.1, 0.15) is 52.0 Å². The first kappa shape index (κ1) is 25.4. The van der Waals surface area contributed by atoms with Gasteiger partial charge in [0, 0.05) is 18.2 Å². The fourth-order valence-corrected chi connectivity index (χ4v) is 3.76. The van der Waals surface area contributed by atoms with E-state index in [-0.39, 0.29) is 25.5 Å². The lowest BCUT2D eigenvalue weighted by atomic mass is 9.99. The predicted octanol–water partition coefficient (Wildman–Crippen LogP) is 4.55. The van der Waals surface area contributed by atoms with Gasteiger partial charge in [0.15, 0.2) is 0 Å². The van der Waals surface area contributed by atoms with Crippen LogP contribution in [0.25, 0.3) is 22.4 Å². The molecule has 8 heteroatoms. The number of nitrogens with zero attached hydrogens (tertiary/aromatic N) is 1. The molecule has 8 nitrogen and oxygen atoms in total. The summed E-state index contributed by atoms with van der Waals surface area (Å²) in [7, 11) is 1.29. The molecule has 0 saturated heterocycles. The number of carbonyl (C=O) groups is 4. The van der Waals surface area contributed by atoms with Crippen molar-refractivity contribution in [3.8, 4) is 22.4 Å². The van der Waals surface area contributed by atoms with Crippen molar-refractivity contribution in [1.29, 1.82) is 0 Å². The molecule has 0 fully saturated rings. The minimum absolute atomic E-state index is 0.106. The van der Waals surface area contributed by atoms with Crippen LogP contribution in [0.5, 0.6) is 0 Å². The van der Waals surface area contributed by atoms with Gasteiger partial charge < -0.3 is 14.2 Å². The van der Waals surface area contributed by atoms with Gasteiger partial charge in [-0.1, -0.05) is 24.3 Å². The average molecular weight is 478 g/mol. The van der Waals surface area contributed by atoms with Gasteiger partial charge in [0.25, 0.3) is 0 Å². The van der Waals surface area contributed by atoms with Gasteiger partial charge in [-0.05, 0) is 55.3 Å². The van der Waals surface area contributed by atoms with Crippen LogP contribution in [-0.4, -0.2) is 48.7 Å². The van der Waals surface area contributed by atoms with Crippen molar-refractivity contribution in [3.05, 3.63) is 71.4 Å². The monoisotopic (exact) mass is 477 g/mol. The molecule has 1 heterocycles. The van der Waals surface area contributed by atoms with E-state index in [1.165, 1.54) is 18.6 Å². The Bertz CT molecular complexity index is 1240. The maximum absolute atomic E-state index is 12.7. The number of ether oxygens (including phenoxy) is 3. The third kappa shape index (κ3) is 5.66. The summed E-state index contributed by atoms with van der Waals surface area (Å²) in [6.45, 7) is 5.40. The summed E-state index contributed by atoms with van der Waals surface area (Å²) in [4.78, 5) is 48.9. The summed E-state index contributed by atoms with van der Waals surface area (Å²) >= 11 is 0. The molecular weight excluding hydrogens is 450 g/mol. The lowest BCUT2D eigenvalue weighted by Gasteiger charge is -2.12. The Balaban J connectivity index is 2.16. The topological polar surface area (TPSA) is 101 Å². The largest absolute Gasteiger partial charge is 0.469 e. The normalized spacial score (nSPS) is 10.5. The van der Waals surface area contributed by atoms with E-state index < -0.39 is 17.9 Å². The van der Waals surface area contributed by atoms with Crippen LogP contribution in [0.2, 0.25) is 0 Å². The molecule has 3 aromatic rings. The van der Waals surface area contributed by atoms with Crippen molar-refractivity contribution in [3.63, 3.8) is 0 Å². The van der Waals surface area contributed by atoms with Gasteiger partial charge in [-0.15, -0.1) is 0 Å². The minimum atomic E-state index is -0.488. The highest BCUT2D eigenvalue weighted by atomic mass is 16.5.